The van der Waals surface area contributed by atoms with Crippen LogP contribution in [-0.4, -0.2) is 18.0 Å². The molecule has 0 atom stereocenters. The molecule has 1 N–H and O–H groups in total. The minimum atomic E-state index is -0.172. The van der Waals surface area contributed by atoms with Crippen molar-refractivity contribution in [1.29, 1.82) is 0 Å². The molecule has 0 aliphatic carbocycles. The molecule has 0 unspecified atom stereocenters. The van der Waals surface area contributed by atoms with E-state index in [9.17, 15) is 4.79 Å². The standard InChI is InChI=1S/C19H18N2O2/c1-12-7-8-16-17(9-10-20-18(16)13(12)2)21-19(22)14-5-4-6-15(11-14)23-3/h4-11H,1-3H3,(H,20,21,22). The third-order valence-electron chi connectivity index (χ3n) is 4.02. The Morgan fingerprint density at radius 1 is 1.13 bits per heavy atom. The molecule has 0 spiro atoms. The normalized spacial score (nSPS) is 10.6. The topological polar surface area (TPSA) is 51.2 Å². The number of carbonyl (C=O) groups is 1. The minimum absolute atomic E-state index is 0.172. The van der Waals surface area contributed by atoms with Crippen molar-refractivity contribution in [1.82, 2.24) is 4.98 Å². The first kappa shape index (κ1) is 15.0. The minimum Gasteiger partial charge on any atom is -0.497 e. The highest BCUT2D eigenvalue weighted by molar-refractivity contribution is 6.09. The molecular weight excluding hydrogens is 288 g/mol. The maximum atomic E-state index is 12.5. The van der Waals surface area contributed by atoms with Crippen molar-refractivity contribution in [2.45, 2.75) is 13.8 Å². The summed E-state index contributed by atoms with van der Waals surface area (Å²) in [5.41, 5.74) is 4.53. The molecule has 1 heterocycles. The number of methoxy groups -OCH3 is 1. The van der Waals surface area contributed by atoms with Crippen LogP contribution in [0.15, 0.2) is 48.7 Å². The maximum absolute atomic E-state index is 12.5. The number of hydrogen-bond acceptors (Lipinski definition) is 3. The van der Waals surface area contributed by atoms with Crippen LogP contribution in [0, 0.1) is 13.8 Å². The van der Waals surface area contributed by atoms with Gasteiger partial charge < -0.3 is 10.1 Å². The molecule has 0 fully saturated rings. The highest BCUT2D eigenvalue weighted by atomic mass is 16.5. The van der Waals surface area contributed by atoms with Crippen molar-refractivity contribution in [3.63, 3.8) is 0 Å². The highest BCUT2D eigenvalue weighted by Gasteiger charge is 2.11. The van der Waals surface area contributed by atoms with E-state index in [2.05, 4.69) is 17.2 Å². The lowest BCUT2D eigenvalue weighted by Gasteiger charge is -2.11. The molecule has 23 heavy (non-hydrogen) atoms. The molecule has 1 aromatic heterocycles. The molecule has 3 aromatic rings. The van der Waals surface area contributed by atoms with E-state index in [0.29, 0.717) is 11.3 Å². The molecule has 1 amide bonds. The molecule has 3 rings (SSSR count). The van der Waals surface area contributed by atoms with E-state index in [0.717, 1.165) is 22.2 Å². The molecule has 0 radical (unpaired) electrons. The van der Waals surface area contributed by atoms with E-state index >= 15 is 0 Å². The average molecular weight is 306 g/mol. The molecule has 4 nitrogen and oxygen atoms in total. The highest BCUT2D eigenvalue weighted by Crippen LogP contribution is 2.26. The number of pyridine rings is 1. The number of nitrogens with zero attached hydrogens (tertiary/aromatic N) is 1. The summed E-state index contributed by atoms with van der Waals surface area (Å²) in [5, 5.41) is 3.90. The number of ether oxygens (including phenoxy) is 1. The van der Waals surface area contributed by atoms with E-state index in [1.54, 1.807) is 31.5 Å². The fourth-order valence-corrected chi connectivity index (χ4v) is 2.53. The number of benzene rings is 2. The molecule has 4 heteroatoms. The molecule has 0 aliphatic rings. The monoisotopic (exact) mass is 306 g/mol. The molecule has 0 bridgehead atoms. The summed E-state index contributed by atoms with van der Waals surface area (Å²) in [6.45, 7) is 4.09. The summed E-state index contributed by atoms with van der Waals surface area (Å²) in [6.07, 6.45) is 1.72. The van der Waals surface area contributed by atoms with E-state index in [4.69, 9.17) is 4.74 Å². The SMILES string of the molecule is COc1cccc(C(=O)Nc2ccnc3c(C)c(C)ccc23)c1. The number of fused-ring (bicyclic) bond motifs is 1. The summed E-state index contributed by atoms with van der Waals surface area (Å²) in [4.78, 5) is 16.9. The number of amides is 1. The lowest BCUT2D eigenvalue weighted by atomic mass is 10.0. The summed E-state index contributed by atoms with van der Waals surface area (Å²) in [6, 6.07) is 12.9. The maximum Gasteiger partial charge on any atom is 0.255 e. The number of carbonyl (C=O) groups excluding carboxylic acids is 1. The van der Waals surface area contributed by atoms with Crippen molar-refractivity contribution in [2.24, 2.45) is 0 Å². The Labute approximate surface area is 135 Å². The number of aryl methyl sites for hydroxylation is 2. The van der Waals surface area contributed by atoms with Gasteiger partial charge in [-0.15, -0.1) is 0 Å². The first-order chi connectivity index (χ1) is 11.1. The summed E-state index contributed by atoms with van der Waals surface area (Å²) in [7, 11) is 1.58. The van der Waals surface area contributed by atoms with Gasteiger partial charge in [0.1, 0.15) is 5.75 Å². The Hall–Kier alpha value is -2.88. The summed E-state index contributed by atoms with van der Waals surface area (Å²) >= 11 is 0. The Balaban J connectivity index is 1.98. The Morgan fingerprint density at radius 3 is 2.74 bits per heavy atom. The number of rotatable bonds is 3. The van der Waals surface area contributed by atoms with Gasteiger partial charge in [0, 0.05) is 17.1 Å². The van der Waals surface area contributed by atoms with Gasteiger partial charge in [0.05, 0.1) is 18.3 Å². The van der Waals surface area contributed by atoms with Crippen molar-refractivity contribution >= 4 is 22.5 Å². The molecule has 0 saturated carbocycles. The van der Waals surface area contributed by atoms with Gasteiger partial charge in [0.15, 0.2) is 0 Å². The Morgan fingerprint density at radius 2 is 1.96 bits per heavy atom. The van der Waals surface area contributed by atoms with E-state index in [1.807, 2.05) is 31.2 Å². The average Bonchev–Trinajstić information content (AvgIpc) is 2.58. The van der Waals surface area contributed by atoms with Crippen LogP contribution >= 0.6 is 0 Å². The van der Waals surface area contributed by atoms with Gasteiger partial charge in [0.25, 0.3) is 5.91 Å². The summed E-state index contributed by atoms with van der Waals surface area (Å²) < 4.78 is 5.16. The van der Waals surface area contributed by atoms with Crippen molar-refractivity contribution in [2.75, 3.05) is 12.4 Å². The Bertz CT molecular complexity index is 888. The van der Waals surface area contributed by atoms with Gasteiger partial charge in [-0.1, -0.05) is 18.2 Å². The lowest BCUT2D eigenvalue weighted by molar-refractivity contribution is 0.102. The third kappa shape index (κ3) is 2.88. The largest absolute Gasteiger partial charge is 0.497 e. The van der Waals surface area contributed by atoms with Crippen molar-refractivity contribution < 1.29 is 9.53 Å². The first-order valence-corrected chi connectivity index (χ1v) is 7.40. The fraction of sp³-hybridized carbons (Fsp3) is 0.158. The number of hydrogen-bond donors (Lipinski definition) is 1. The molecule has 0 aliphatic heterocycles. The zero-order valence-electron chi connectivity index (χ0n) is 13.4. The zero-order chi connectivity index (χ0) is 16.4. The lowest BCUT2D eigenvalue weighted by Crippen LogP contribution is -2.12. The van der Waals surface area contributed by atoms with Crippen LogP contribution in [0.1, 0.15) is 21.5 Å². The van der Waals surface area contributed by atoms with Crippen LogP contribution in [0.3, 0.4) is 0 Å². The van der Waals surface area contributed by atoms with E-state index < -0.39 is 0 Å². The molecular formula is C19H18N2O2. The van der Waals surface area contributed by atoms with Gasteiger partial charge in [-0.2, -0.15) is 0 Å². The van der Waals surface area contributed by atoms with E-state index in [1.165, 1.54) is 5.56 Å². The second-order valence-electron chi connectivity index (χ2n) is 5.45. The number of anilines is 1. The number of nitrogens with one attached hydrogen (secondary N) is 1. The summed E-state index contributed by atoms with van der Waals surface area (Å²) in [5.74, 6) is 0.485. The smallest absolute Gasteiger partial charge is 0.255 e. The third-order valence-corrected chi connectivity index (χ3v) is 4.02. The Kier molecular flexibility index (Phi) is 3.98. The zero-order valence-corrected chi connectivity index (χ0v) is 13.4. The molecule has 0 saturated heterocycles. The van der Waals surface area contributed by atoms with Crippen LogP contribution in [0.2, 0.25) is 0 Å². The van der Waals surface area contributed by atoms with Crippen molar-refractivity contribution in [3.8, 4) is 5.75 Å². The van der Waals surface area contributed by atoms with Gasteiger partial charge >= 0.3 is 0 Å². The van der Waals surface area contributed by atoms with Crippen LogP contribution in [0.25, 0.3) is 10.9 Å². The van der Waals surface area contributed by atoms with Crippen LogP contribution in [0.5, 0.6) is 5.75 Å². The van der Waals surface area contributed by atoms with Crippen LogP contribution in [0.4, 0.5) is 5.69 Å². The van der Waals surface area contributed by atoms with Gasteiger partial charge in [-0.3, -0.25) is 9.78 Å². The van der Waals surface area contributed by atoms with Gasteiger partial charge in [-0.05, 0) is 49.2 Å². The van der Waals surface area contributed by atoms with Crippen LogP contribution < -0.4 is 10.1 Å². The number of aromatic nitrogens is 1. The second-order valence-corrected chi connectivity index (χ2v) is 5.45. The fourth-order valence-electron chi connectivity index (χ4n) is 2.53. The molecule has 2 aromatic carbocycles. The quantitative estimate of drug-likeness (QED) is 0.792. The second kappa shape index (κ2) is 6.08. The van der Waals surface area contributed by atoms with Crippen LogP contribution in [-0.2, 0) is 0 Å². The van der Waals surface area contributed by atoms with E-state index in [-0.39, 0.29) is 5.91 Å². The molecule has 116 valence electrons. The van der Waals surface area contributed by atoms with Gasteiger partial charge in [0.2, 0.25) is 0 Å². The van der Waals surface area contributed by atoms with Crippen molar-refractivity contribution in [3.05, 3.63) is 65.4 Å². The predicted molar refractivity (Wildman–Crippen MR) is 92.2 cm³/mol. The first-order valence-electron chi connectivity index (χ1n) is 7.40. The van der Waals surface area contributed by atoms with Gasteiger partial charge in [-0.25, -0.2) is 0 Å². The predicted octanol–water partition coefficient (Wildman–Crippen LogP) is 4.11.